The molecule has 0 spiro atoms. The Bertz CT molecular complexity index is 310. The summed E-state index contributed by atoms with van der Waals surface area (Å²) in [5.41, 5.74) is -0.0160. The Balaban J connectivity index is 0. The van der Waals surface area contributed by atoms with Gasteiger partial charge in [0.25, 0.3) is 0 Å². The van der Waals surface area contributed by atoms with Gasteiger partial charge in [0.1, 0.15) is 0 Å². The zero-order chi connectivity index (χ0) is 9.72. The molecule has 0 aliphatic carbocycles. The molecule has 0 aliphatic rings. The van der Waals surface area contributed by atoms with Gasteiger partial charge in [0.05, 0.1) is 0 Å². The molecule has 4 nitrogen and oxygen atoms in total. The zero-order valence-electron chi connectivity index (χ0n) is 8.79. The van der Waals surface area contributed by atoms with Crippen molar-refractivity contribution in [1.29, 1.82) is 0 Å². The summed E-state index contributed by atoms with van der Waals surface area (Å²) in [7, 11) is 1.56. The molecule has 0 N–H and O–H groups in total. The van der Waals surface area contributed by atoms with E-state index in [-0.39, 0.29) is 58.2 Å². The molecule has 0 atom stereocenters. The van der Waals surface area contributed by atoms with Gasteiger partial charge >= 0.3 is 63.9 Å². The van der Waals surface area contributed by atoms with Crippen molar-refractivity contribution in [2.75, 3.05) is 0 Å². The van der Waals surface area contributed by atoms with Gasteiger partial charge in [-0.3, -0.25) is 0 Å². The summed E-state index contributed by atoms with van der Waals surface area (Å²) >= 11 is 0. The molecule has 0 bridgehead atoms. The van der Waals surface area contributed by atoms with Crippen molar-refractivity contribution in [2.24, 2.45) is 7.05 Å². The Labute approximate surface area is 127 Å². The molecule has 0 saturated heterocycles. The Morgan fingerprint density at radius 2 is 1.92 bits per heavy atom. The van der Waals surface area contributed by atoms with Crippen LogP contribution in [0.15, 0.2) is 11.0 Å². The van der Waals surface area contributed by atoms with Gasteiger partial charge in [0.15, 0.2) is 0 Å². The van der Waals surface area contributed by atoms with Crippen LogP contribution >= 0.6 is 0 Å². The quantitative estimate of drug-likeness (QED) is 0.502. The molecule has 0 saturated carbocycles. The van der Waals surface area contributed by atoms with Crippen molar-refractivity contribution in [3.8, 4) is 5.88 Å². The van der Waals surface area contributed by atoms with E-state index >= 15 is 0 Å². The van der Waals surface area contributed by atoms with E-state index in [9.17, 15) is 9.90 Å². The van der Waals surface area contributed by atoms with Crippen LogP contribution < -0.4 is 69.0 Å². The molecule has 0 amide bonds. The molecule has 1 rings (SSSR count). The largest absolute Gasteiger partial charge is 1.00 e. The van der Waals surface area contributed by atoms with Gasteiger partial charge in [0, 0.05) is 13.2 Å². The zero-order valence-corrected chi connectivity index (χ0v) is 13.7. The summed E-state index contributed by atoms with van der Waals surface area (Å²) in [4.78, 5) is 13.9. The van der Waals surface area contributed by atoms with Crippen LogP contribution in [0.3, 0.4) is 0 Å². The van der Waals surface area contributed by atoms with E-state index in [4.69, 9.17) is 0 Å². The fourth-order valence-electron chi connectivity index (χ4n) is 0.655. The normalized spacial score (nSPS) is 8.00. The standard InChI is InChI=1S/C6H8N2O2.C2H6.Rb/c1-4-3-8(2)6(10)7-5(4)9;1-2;/h3H,1-2H3,(H,7,9,10);1-2H3;/q;;+1/p-1. The molecule has 0 unspecified atom stereocenters. The first-order valence-corrected chi connectivity index (χ1v) is 3.82. The monoisotopic (exact) mass is 254 g/mol. The minimum absolute atomic E-state index is 0. The fourth-order valence-corrected chi connectivity index (χ4v) is 0.655. The molecule has 1 aromatic rings. The predicted octanol–water partition coefficient (Wildman–Crippen LogP) is -2.81. The van der Waals surface area contributed by atoms with E-state index in [1.54, 1.807) is 14.0 Å². The van der Waals surface area contributed by atoms with E-state index < -0.39 is 11.6 Å². The first kappa shape index (κ1) is 15.9. The van der Waals surface area contributed by atoms with Crippen LogP contribution in [-0.4, -0.2) is 9.55 Å². The van der Waals surface area contributed by atoms with Crippen molar-refractivity contribution in [3.63, 3.8) is 0 Å². The minimum Gasteiger partial charge on any atom is -0.858 e. The average Bonchev–Trinajstić information content (AvgIpc) is 2.05. The molecule has 0 aromatic carbocycles. The number of nitrogens with zero attached hydrogens (tertiary/aromatic N) is 2. The number of hydrogen-bond donors (Lipinski definition) is 0. The molecular weight excluding hydrogens is 242 g/mol. The summed E-state index contributed by atoms with van der Waals surface area (Å²) in [5, 5.41) is 10.7. The maximum absolute atomic E-state index is 10.7. The second-order valence-corrected chi connectivity index (χ2v) is 2.12. The van der Waals surface area contributed by atoms with Gasteiger partial charge in [-0.2, -0.15) is 0 Å². The van der Waals surface area contributed by atoms with Crippen molar-refractivity contribution >= 4 is 0 Å². The molecular formula is C8H13N2O2Rb. The van der Waals surface area contributed by atoms with Crippen LogP contribution in [0.25, 0.3) is 0 Å². The third-order valence-electron chi connectivity index (χ3n) is 1.22. The Kier molecular flexibility index (Phi) is 9.62. The van der Waals surface area contributed by atoms with Crippen LogP contribution in [0.5, 0.6) is 5.88 Å². The second kappa shape index (κ2) is 7.85. The van der Waals surface area contributed by atoms with E-state index in [0.717, 1.165) is 0 Å². The van der Waals surface area contributed by atoms with Gasteiger partial charge in [-0.1, -0.05) is 13.8 Å². The average molecular weight is 255 g/mol. The van der Waals surface area contributed by atoms with Crippen molar-refractivity contribution < 1.29 is 63.3 Å². The number of rotatable bonds is 0. The third-order valence-corrected chi connectivity index (χ3v) is 1.22. The van der Waals surface area contributed by atoms with Crippen LogP contribution in [0.1, 0.15) is 19.4 Å². The summed E-state index contributed by atoms with van der Waals surface area (Å²) in [6.45, 7) is 5.62. The van der Waals surface area contributed by atoms with E-state index in [0.29, 0.717) is 5.56 Å². The van der Waals surface area contributed by atoms with Crippen LogP contribution in [0, 0.1) is 6.92 Å². The predicted molar refractivity (Wildman–Crippen MR) is 45.0 cm³/mol. The summed E-state index contributed by atoms with van der Waals surface area (Å²) in [6.07, 6.45) is 1.47. The summed E-state index contributed by atoms with van der Waals surface area (Å²) in [5.74, 6) is -0.442. The molecule has 5 heteroatoms. The Hall–Kier alpha value is 0.485. The Morgan fingerprint density at radius 1 is 1.46 bits per heavy atom. The summed E-state index contributed by atoms with van der Waals surface area (Å²) < 4.78 is 1.27. The molecule has 1 aromatic heterocycles. The summed E-state index contributed by atoms with van der Waals surface area (Å²) in [6, 6.07) is 0. The van der Waals surface area contributed by atoms with Crippen molar-refractivity contribution in [2.45, 2.75) is 20.8 Å². The van der Waals surface area contributed by atoms with Gasteiger partial charge in [-0.15, -0.1) is 0 Å². The smallest absolute Gasteiger partial charge is 0.858 e. The van der Waals surface area contributed by atoms with E-state index in [2.05, 4.69) is 4.98 Å². The first-order chi connectivity index (χ1) is 5.61. The molecule has 0 radical (unpaired) electrons. The van der Waals surface area contributed by atoms with Crippen molar-refractivity contribution in [1.82, 2.24) is 9.55 Å². The van der Waals surface area contributed by atoms with Crippen LogP contribution in [0.4, 0.5) is 0 Å². The molecule has 1 heterocycles. The van der Waals surface area contributed by atoms with E-state index in [1.165, 1.54) is 10.8 Å². The molecule has 0 aliphatic heterocycles. The number of aromatic nitrogens is 2. The van der Waals surface area contributed by atoms with Gasteiger partial charge in [-0.25, -0.2) is 9.78 Å². The maximum Gasteiger partial charge on any atom is 1.00 e. The Morgan fingerprint density at radius 3 is 2.31 bits per heavy atom. The number of aryl methyl sites for hydroxylation is 2. The first-order valence-electron chi connectivity index (χ1n) is 3.82. The maximum atomic E-state index is 10.7. The molecule has 0 fully saturated rings. The second-order valence-electron chi connectivity index (χ2n) is 2.12. The van der Waals surface area contributed by atoms with E-state index in [1.807, 2.05) is 13.8 Å². The molecule has 13 heavy (non-hydrogen) atoms. The topological polar surface area (TPSA) is 58.0 Å². The fraction of sp³-hybridized carbons (Fsp3) is 0.500. The van der Waals surface area contributed by atoms with Crippen LogP contribution in [0.2, 0.25) is 0 Å². The number of hydrogen-bond acceptors (Lipinski definition) is 3. The SMILES string of the molecule is CC.Cc1cn(C)c(=O)nc1[O-].[Rb+]. The van der Waals surface area contributed by atoms with Gasteiger partial charge in [0.2, 0.25) is 0 Å². The molecule has 68 valence electrons. The minimum atomic E-state index is -0.504. The van der Waals surface area contributed by atoms with Crippen molar-refractivity contribution in [3.05, 3.63) is 22.2 Å². The van der Waals surface area contributed by atoms with Gasteiger partial charge in [-0.05, 0) is 18.4 Å². The third kappa shape index (κ3) is 5.05. The van der Waals surface area contributed by atoms with Gasteiger partial charge < -0.3 is 9.67 Å². The van der Waals surface area contributed by atoms with Crippen LogP contribution in [-0.2, 0) is 7.05 Å².